The third-order valence-corrected chi connectivity index (χ3v) is 5.86. The lowest BCUT2D eigenvalue weighted by atomic mass is 9.87. The summed E-state index contributed by atoms with van der Waals surface area (Å²) in [5.41, 5.74) is 2.63. The zero-order chi connectivity index (χ0) is 25.0. The van der Waals surface area contributed by atoms with Crippen molar-refractivity contribution in [2.24, 2.45) is 0 Å². The van der Waals surface area contributed by atoms with Gasteiger partial charge in [-0.15, -0.1) is 0 Å². The topological polar surface area (TPSA) is 70.0 Å². The van der Waals surface area contributed by atoms with Gasteiger partial charge < -0.3 is 19.8 Å². The highest BCUT2D eigenvalue weighted by Gasteiger charge is 2.39. The fraction of sp³-hybridized carbons (Fsp3) is 0.464. The van der Waals surface area contributed by atoms with Gasteiger partial charge in [0.25, 0.3) is 0 Å². The van der Waals surface area contributed by atoms with Crippen molar-refractivity contribution in [3.8, 4) is 0 Å². The normalized spacial score (nSPS) is 20.0. The number of aliphatic hydroxyl groups excluding tert-OH is 2. The Labute approximate surface area is 201 Å². The third kappa shape index (κ3) is 6.45. The van der Waals surface area contributed by atoms with E-state index in [2.05, 4.69) is 30.9 Å². The van der Waals surface area contributed by atoms with Crippen LogP contribution in [0.4, 0.5) is 10.1 Å². The van der Waals surface area contributed by atoms with Crippen molar-refractivity contribution in [3.63, 3.8) is 0 Å². The Morgan fingerprint density at radius 2 is 1.76 bits per heavy atom. The number of benzene rings is 2. The molecule has 1 aliphatic heterocycles. The van der Waals surface area contributed by atoms with E-state index in [0.29, 0.717) is 0 Å². The number of carbonyl (C=O) groups excluding carboxylic acids is 1. The molecule has 0 radical (unpaired) electrons. The highest BCUT2D eigenvalue weighted by Crippen LogP contribution is 2.46. The first kappa shape index (κ1) is 25.9. The molecule has 1 heterocycles. The minimum atomic E-state index is -1.01. The molecule has 2 aromatic rings. The number of esters is 1. The Hall–Kier alpha value is -2.70. The number of anilines is 1. The molecule has 5 nitrogen and oxygen atoms in total. The van der Waals surface area contributed by atoms with Gasteiger partial charge in [-0.3, -0.25) is 4.79 Å². The predicted octanol–water partition coefficient (Wildman–Crippen LogP) is 4.95. The summed E-state index contributed by atoms with van der Waals surface area (Å²) < 4.78 is 18.9. The van der Waals surface area contributed by atoms with E-state index in [4.69, 9.17) is 4.74 Å². The van der Waals surface area contributed by atoms with Crippen molar-refractivity contribution < 1.29 is 24.1 Å². The molecule has 2 N–H and O–H groups in total. The quantitative estimate of drug-likeness (QED) is 0.423. The number of rotatable bonds is 8. The lowest BCUT2D eigenvalue weighted by Crippen LogP contribution is -2.38. The number of aliphatic hydroxyl groups is 2. The summed E-state index contributed by atoms with van der Waals surface area (Å²) in [6.07, 6.45) is 1.55. The number of carbonyl (C=O) groups is 1. The molecular formula is C28H36FNO4. The Bertz CT molecular complexity index is 996. The summed E-state index contributed by atoms with van der Waals surface area (Å²) in [7, 11) is 0. The number of ether oxygens (including phenoxy) is 1. The molecule has 0 unspecified atom stereocenters. The molecule has 0 amide bonds. The summed E-state index contributed by atoms with van der Waals surface area (Å²) in [4.78, 5) is 14.3. The fourth-order valence-electron chi connectivity index (χ4n) is 4.62. The van der Waals surface area contributed by atoms with Gasteiger partial charge in [0.1, 0.15) is 11.4 Å². The molecule has 184 valence electrons. The van der Waals surface area contributed by atoms with Crippen molar-refractivity contribution in [3.05, 3.63) is 77.6 Å². The molecule has 0 aromatic heterocycles. The first-order valence-corrected chi connectivity index (χ1v) is 11.9. The second kappa shape index (κ2) is 10.7. The summed E-state index contributed by atoms with van der Waals surface area (Å²) >= 11 is 0. The van der Waals surface area contributed by atoms with Crippen molar-refractivity contribution in [1.29, 1.82) is 0 Å². The maximum atomic E-state index is 13.6. The molecular weight excluding hydrogens is 433 g/mol. The van der Waals surface area contributed by atoms with E-state index in [1.807, 2.05) is 30.3 Å². The van der Waals surface area contributed by atoms with Gasteiger partial charge in [-0.25, -0.2) is 4.39 Å². The lowest BCUT2D eigenvalue weighted by Gasteiger charge is -2.32. The van der Waals surface area contributed by atoms with Crippen LogP contribution in [0.5, 0.6) is 0 Å². The first-order chi connectivity index (χ1) is 16.0. The number of fused-ring (bicyclic) bond motifs is 1. The van der Waals surface area contributed by atoms with E-state index in [1.54, 1.807) is 26.8 Å². The molecule has 0 aliphatic carbocycles. The van der Waals surface area contributed by atoms with Crippen LogP contribution in [0.3, 0.4) is 0 Å². The molecule has 0 saturated heterocycles. The lowest BCUT2D eigenvalue weighted by molar-refractivity contribution is -0.157. The molecule has 0 saturated carbocycles. The molecule has 2 aromatic carbocycles. The molecule has 1 aliphatic rings. The summed E-state index contributed by atoms with van der Waals surface area (Å²) in [5, 5.41) is 20.9. The Morgan fingerprint density at radius 3 is 2.38 bits per heavy atom. The van der Waals surface area contributed by atoms with Crippen LogP contribution in [0, 0.1) is 5.82 Å². The van der Waals surface area contributed by atoms with Gasteiger partial charge in [-0.05, 0) is 63.9 Å². The Morgan fingerprint density at radius 1 is 1.12 bits per heavy atom. The summed E-state index contributed by atoms with van der Waals surface area (Å²) in [6.45, 7) is 9.54. The van der Waals surface area contributed by atoms with Crippen molar-refractivity contribution in [2.45, 2.75) is 83.3 Å². The van der Waals surface area contributed by atoms with Crippen LogP contribution < -0.4 is 4.90 Å². The molecule has 0 bridgehead atoms. The summed E-state index contributed by atoms with van der Waals surface area (Å²) in [5.74, 6) is -0.809. The maximum absolute atomic E-state index is 13.6. The van der Waals surface area contributed by atoms with Crippen LogP contribution in [-0.4, -0.2) is 46.1 Å². The van der Waals surface area contributed by atoms with Gasteiger partial charge in [0.05, 0.1) is 24.7 Å². The third-order valence-electron chi connectivity index (χ3n) is 5.86. The van der Waals surface area contributed by atoms with Crippen LogP contribution in [0.15, 0.2) is 60.7 Å². The van der Waals surface area contributed by atoms with Crippen LogP contribution >= 0.6 is 0 Å². The molecule has 4 atom stereocenters. The average Bonchev–Trinajstić information content (AvgIpc) is 3.05. The minimum absolute atomic E-state index is 0.0261. The van der Waals surface area contributed by atoms with Gasteiger partial charge in [0, 0.05) is 24.1 Å². The number of hydrogen-bond donors (Lipinski definition) is 2. The number of hydrogen-bond acceptors (Lipinski definition) is 5. The molecule has 6 heteroatoms. The second-order valence-corrected chi connectivity index (χ2v) is 10.2. The van der Waals surface area contributed by atoms with Crippen LogP contribution in [0.2, 0.25) is 0 Å². The Kier molecular flexibility index (Phi) is 8.16. The van der Waals surface area contributed by atoms with Gasteiger partial charge in [-0.1, -0.05) is 42.5 Å². The van der Waals surface area contributed by atoms with Crippen molar-refractivity contribution >= 4 is 11.7 Å². The SMILES string of the molecule is CC(C)N1c2ccccc2[C@H](c2ccc(F)cc2)[C@@H]1/C=C/[C@H](O)C[C@H](O)CC(=O)OC(C)(C)C. The minimum Gasteiger partial charge on any atom is -0.460 e. The molecule has 0 fully saturated rings. The van der Waals surface area contributed by atoms with Crippen LogP contribution in [0.25, 0.3) is 0 Å². The van der Waals surface area contributed by atoms with Crippen LogP contribution in [-0.2, 0) is 9.53 Å². The number of para-hydroxylation sites is 1. The van der Waals surface area contributed by atoms with E-state index in [1.165, 1.54) is 12.1 Å². The van der Waals surface area contributed by atoms with Gasteiger partial charge in [0.2, 0.25) is 0 Å². The molecule has 0 spiro atoms. The van der Waals surface area contributed by atoms with Crippen molar-refractivity contribution in [2.75, 3.05) is 4.90 Å². The number of nitrogens with zero attached hydrogens (tertiary/aromatic N) is 1. The van der Waals surface area contributed by atoms with E-state index in [0.717, 1.165) is 16.8 Å². The molecule has 3 rings (SSSR count). The van der Waals surface area contributed by atoms with E-state index in [-0.39, 0.29) is 36.7 Å². The monoisotopic (exact) mass is 469 g/mol. The maximum Gasteiger partial charge on any atom is 0.308 e. The van der Waals surface area contributed by atoms with Crippen molar-refractivity contribution in [1.82, 2.24) is 0 Å². The van der Waals surface area contributed by atoms with E-state index in [9.17, 15) is 19.4 Å². The average molecular weight is 470 g/mol. The Balaban J connectivity index is 1.80. The summed E-state index contributed by atoms with van der Waals surface area (Å²) in [6, 6.07) is 14.8. The van der Waals surface area contributed by atoms with E-state index < -0.39 is 23.8 Å². The smallest absolute Gasteiger partial charge is 0.308 e. The largest absolute Gasteiger partial charge is 0.460 e. The standard InChI is InChI=1S/C28H36FNO4/c1-18(2)30-24-9-7-6-8-23(24)27(19-10-12-20(29)13-11-19)25(30)15-14-21(31)16-22(32)17-26(33)34-28(3,4)5/h6-15,18,21-22,25,27,31-32H,16-17H2,1-5H3/b15-14+/t21-,22-,25-,27-/m0/s1. The fourth-order valence-corrected chi connectivity index (χ4v) is 4.62. The number of halogens is 1. The van der Waals surface area contributed by atoms with Gasteiger partial charge in [-0.2, -0.15) is 0 Å². The van der Waals surface area contributed by atoms with Gasteiger partial charge >= 0.3 is 5.97 Å². The zero-order valence-electron chi connectivity index (χ0n) is 20.6. The van der Waals surface area contributed by atoms with Crippen LogP contribution in [0.1, 0.15) is 64.5 Å². The zero-order valence-corrected chi connectivity index (χ0v) is 20.6. The predicted molar refractivity (Wildman–Crippen MR) is 132 cm³/mol. The van der Waals surface area contributed by atoms with E-state index >= 15 is 0 Å². The molecule has 34 heavy (non-hydrogen) atoms. The first-order valence-electron chi connectivity index (χ1n) is 11.9. The second-order valence-electron chi connectivity index (χ2n) is 10.2. The van der Waals surface area contributed by atoms with Gasteiger partial charge in [0.15, 0.2) is 0 Å². The highest BCUT2D eigenvalue weighted by atomic mass is 19.1. The highest BCUT2D eigenvalue weighted by molar-refractivity contribution is 5.70.